The van der Waals surface area contributed by atoms with Gasteiger partial charge in [0, 0.05) is 10.5 Å². The fourth-order valence-electron chi connectivity index (χ4n) is 2.55. The summed E-state index contributed by atoms with van der Waals surface area (Å²) in [5.41, 5.74) is 1.57. The summed E-state index contributed by atoms with van der Waals surface area (Å²) in [7, 11) is 0. The molecule has 0 radical (unpaired) electrons. The first kappa shape index (κ1) is 12.8. The average molecular weight is 324 g/mol. The van der Waals surface area contributed by atoms with E-state index in [0.717, 1.165) is 23.1 Å². The van der Waals surface area contributed by atoms with Gasteiger partial charge in [-0.2, -0.15) is 0 Å². The zero-order valence-electron chi connectivity index (χ0n) is 10.4. The van der Waals surface area contributed by atoms with Crippen LogP contribution in [-0.4, -0.2) is 16.1 Å². The summed E-state index contributed by atoms with van der Waals surface area (Å²) >= 11 is 3.28. The summed E-state index contributed by atoms with van der Waals surface area (Å²) in [5, 5.41) is 3.47. The Morgan fingerprint density at radius 2 is 2.26 bits per heavy atom. The zero-order chi connectivity index (χ0) is 13.2. The first-order valence-electron chi connectivity index (χ1n) is 6.47. The van der Waals surface area contributed by atoms with Gasteiger partial charge in [-0.3, -0.25) is 4.57 Å². The summed E-state index contributed by atoms with van der Waals surface area (Å²) in [6.45, 7) is 1.01. The molecule has 2 aromatic rings. The van der Waals surface area contributed by atoms with Crippen molar-refractivity contribution in [2.45, 2.75) is 25.3 Å². The third-order valence-corrected chi connectivity index (χ3v) is 4.00. The standard InChI is InChI=1S/C14H15BrFN3/c15-10-4-5-13(11(16)7-10)19-9-17-8-14(19)12-3-1-2-6-18-12/h4-5,7-9,12,18H,1-3,6H2. The predicted molar refractivity (Wildman–Crippen MR) is 75.8 cm³/mol. The second-order valence-corrected chi connectivity index (χ2v) is 5.70. The summed E-state index contributed by atoms with van der Waals surface area (Å²) in [6.07, 6.45) is 6.98. The molecule has 5 heteroatoms. The van der Waals surface area contributed by atoms with Crippen LogP contribution >= 0.6 is 15.9 Å². The Morgan fingerprint density at radius 3 is 3.00 bits per heavy atom. The quantitative estimate of drug-likeness (QED) is 0.915. The maximum Gasteiger partial charge on any atom is 0.148 e. The van der Waals surface area contributed by atoms with E-state index in [4.69, 9.17) is 0 Å². The Labute approximate surface area is 120 Å². The number of halogens is 2. The lowest BCUT2D eigenvalue weighted by molar-refractivity contribution is 0.401. The van der Waals surface area contributed by atoms with Gasteiger partial charge in [-0.25, -0.2) is 9.37 Å². The largest absolute Gasteiger partial charge is 0.309 e. The van der Waals surface area contributed by atoms with Gasteiger partial charge in [0.2, 0.25) is 0 Å². The van der Waals surface area contributed by atoms with Crippen molar-refractivity contribution in [2.24, 2.45) is 0 Å². The molecule has 100 valence electrons. The van der Waals surface area contributed by atoms with Crippen molar-refractivity contribution >= 4 is 15.9 Å². The van der Waals surface area contributed by atoms with Crippen LogP contribution in [0.4, 0.5) is 4.39 Å². The smallest absolute Gasteiger partial charge is 0.148 e. The third-order valence-electron chi connectivity index (χ3n) is 3.50. The molecular formula is C14H15BrFN3. The highest BCUT2D eigenvalue weighted by molar-refractivity contribution is 9.10. The van der Waals surface area contributed by atoms with E-state index in [9.17, 15) is 4.39 Å². The number of nitrogens with one attached hydrogen (secondary N) is 1. The molecule has 3 nitrogen and oxygen atoms in total. The number of aromatic nitrogens is 2. The molecule has 1 aliphatic rings. The summed E-state index contributed by atoms with van der Waals surface area (Å²) < 4.78 is 16.6. The van der Waals surface area contributed by atoms with E-state index < -0.39 is 0 Å². The van der Waals surface area contributed by atoms with E-state index in [-0.39, 0.29) is 11.9 Å². The number of hydrogen-bond donors (Lipinski definition) is 1. The third kappa shape index (κ3) is 2.58. The summed E-state index contributed by atoms with van der Waals surface area (Å²) in [4.78, 5) is 4.18. The van der Waals surface area contributed by atoms with E-state index in [2.05, 4.69) is 26.2 Å². The van der Waals surface area contributed by atoms with Gasteiger partial charge < -0.3 is 5.32 Å². The van der Waals surface area contributed by atoms with Crippen LogP contribution in [-0.2, 0) is 0 Å². The zero-order valence-corrected chi connectivity index (χ0v) is 12.0. The highest BCUT2D eigenvalue weighted by atomic mass is 79.9. The molecule has 0 aliphatic carbocycles. The van der Waals surface area contributed by atoms with Gasteiger partial charge in [0.05, 0.1) is 23.9 Å². The monoisotopic (exact) mass is 323 g/mol. The molecule has 0 spiro atoms. The van der Waals surface area contributed by atoms with E-state index in [1.54, 1.807) is 12.4 Å². The lowest BCUT2D eigenvalue weighted by Crippen LogP contribution is -2.28. The number of nitrogens with zero attached hydrogens (tertiary/aromatic N) is 2. The van der Waals surface area contributed by atoms with Crippen molar-refractivity contribution < 1.29 is 4.39 Å². The molecule has 19 heavy (non-hydrogen) atoms. The van der Waals surface area contributed by atoms with Gasteiger partial charge in [0.25, 0.3) is 0 Å². The number of benzene rings is 1. The molecule has 0 bridgehead atoms. The normalized spacial score (nSPS) is 19.6. The Hall–Kier alpha value is -1.20. The molecular weight excluding hydrogens is 309 g/mol. The molecule has 0 saturated carbocycles. The fraction of sp³-hybridized carbons (Fsp3) is 0.357. The lowest BCUT2D eigenvalue weighted by atomic mass is 10.0. The van der Waals surface area contributed by atoms with E-state index in [1.165, 1.54) is 18.9 Å². The first-order valence-corrected chi connectivity index (χ1v) is 7.26. The highest BCUT2D eigenvalue weighted by Crippen LogP contribution is 2.26. The van der Waals surface area contributed by atoms with E-state index >= 15 is 0 Å². The summed E-state index contributed by atoms with van der Waals surface area (Å²) in [6, 6.07) is 5.36. The van der Waals surface area contributed by atoms with Crippen LogP contribution in [0, 0.1) is 5.82 Å². The fourth-order valence-corrected chi connectivity index (χ4v) is 2.88. The molecule has 1 saturated heterocycles. The van der Waals surface area contributed by atoms with Crippen molar-refractivity contribution in [3.8, 4) is 5.69 Å². The molecule has 1 N–H and O–H groups in total. The van der Waals surface area contributed by atoms with Crippen LogP contribution in [0.2, 0.25) is 0 Å². The van der Waals surface area contributed by atoms with Crippen LogP contribution in [0.1, 0.15) is 31.0 Å². The minimum Gasteiger partial charge on any atom is -0.309 e. The Kier molecular flexibility index (Phi) is 3.66. The molecule has 1 aliphatic heterocycles. The maximum atomic E-state index is 14.1. The average Bonchev–Trinajstić information content (AvgIpc) is 2.89. The van der Waals surface area contributed by atoms with Crippen LogP contribution in [0.15, 0.2) is 35.2 Å². The molecule has 2 heterocycles. The number of hydrogen-bond acceptors (Lipinski definition) is 2. The highest BCUT2D eigenvalue weighted by Gasteiger charge is 2.20. The molecule has 0 amide bonds. The maximum absolute atomic E-state index is 14.1. The van der Waals surface area contributed by atoms with Crippen LogP contribution in [0.25, 0.3) is 5.69 Å². The van der Waals surface area contributed by atoms with Crippen molar-refractivity contribution in [1.29, 1.82) is 0 Å². The Balaban J connectivity index is 1.99. The van der Waals surface area contributed by atoms with E-state index in [1.807, 2.05) is 16.8 Å². The van der Waals surface area contributed by atoms with Crippen LogP contribution < -0.4 is 5.32 Å². The first-order chi connectivity index (χ1) is 9.25. The van der Waals surface area contributed by atoms with E-state index in [0.29, 0.717) is 5.69 Å². The van der Waals surface area contributed by atoms with Crippen molar-refractivity contribution in [3.63, 3.8) is 0 Å². The second kappa shape index (κ2) is 5.43. The molecule has 1 fully saturated rings. The van der Waals surface area contributed by atoms with Gasteiger partial charge in [0.1, 0.15) is 5.82 Å². The SMILES string of the molecule is Fc1cc(Br)ccc1-n1cncc1C1CCCCN1. The van der Waals surface area contributed by atoms with Crippen molar-refractivity contribution in [2.75, 3.05) is 6.54 Å². The van der Waals surface area contributed by atoms with Gasteiger partial charge in [-0.05, 0) is 37.6 Å². The van der Waals surface area contributed by atoms with Gasteiger partial charge >= 0.3 is 0 Å². The lowest BCUT2D eigenvalue weighted by Gasteiger charge is -2.24. The summed E-state index contributed by atoms with van der Waals surface area (Å²) in [5.74, 6) is -0.246. The molecule has 3 rings (SSSR count). The topological polar surface area (TPSA) is 29.9 Å². The minimum absolute atomic E-state index is 0.246. The van der Waals surface area contributed by atoms with Crippen molar-refractivity contribution in [3.05, 3.63) is 46.7 Å². The minimum atomic E-state index is -0.246. The van der Waals surface area contributed by atoms with Crippen LogP contribution in [0.3, 0.4) is 0 Å². The Bertz CT molecular complexity index is 576. The number of piperidine rings is 1. The number of rotatable bonds is 2. The van der Waals surface area contributed by atoms with Gasteiger partial charge in [0.15, 0.2) is 0 Å². The Morgan fingerprint density at radius 1 is 1.37 bits per heavy atom. The van der Waals surface area contributed by atoms with Gasteiger partial charge in [-0.1, -0.05) is 22.4 Å². The second-order valence-electron chi connectivity index (χ2n) is 4.79. The van der Waals surface area contributed by atoms with Gasteiger partial charge in [-0.15, -0.1) is 0 Å². The molecule has 1 aromatic heterocycles. The predicted octanol–water partition coefficient (Wildman–Crippen LogP) is 3.59. The molecule has 1 atom stereocenters. The number of imidazole rings is 1. The molecule has 1 unspecified atom stereocenters. The van der Waals surface area contributed by atoms with Crippen molar-refractivity contribution in [1.82, 2.24) is 14.9 Å². The molecule has 1 aromatic carbocycles. The van der Waals surface area contributed by atoms with Crippen LogP contribution in [0.5, 0.6) is 0 Å².